The number of carbonyl (C=O) groups excluding carboxylic acids is 7. The number of aromatic amines is 1. The lowest BCUT2D eigenvalue weighted by atomic mass is 10.00. The van der Waals surface area contributed by atoms with E-state index in [9.17, 15) is 48.6 Å². The topological polar surface area (TPSA) is 355 Å². The minimum atomic E-state index is -1.70. The number of hydrogen-bond acceptors (Lipinski definition) is 14. The number of carboxylic acid groups (broad SMARTS) is 1. The number of carbonyl (C=O) groups is 8. The zero-order valence-corrected chi connectivity index (χ0v) is 44.3. The van der Waals surface area contributed by atoms with Crippen molar-refractivity contribution in [1.82, 2.24) is 42.2 Å². The zero-order chi connectivity index (χ0) is 56.0. The predicted molar refractivity (Wildman–Crippen MR) is 298 cm³/mol. The molecule has 16 N–H and O–H groups in total. The summed E-state index contributed by atoms with van der Waals surface area (Å²) >= 11 is 8.16. The monoisotopic (exact) mass is 1100 g/mol. The summed E-state index contributed by atoms with van der Waals surface area (Å²) in [6.07, 6.45) is 0.534. The van der Waals surface area contributed by atoms with E-state index in [1.54, 1.807) is 97.2 Å². The number of nitrogens with two attached hydrogens (primary N) is 3. The van der Waals surface area contributed by atoms with Crippen LogP contribution in [0, 0.1) is 0 Å². The highest BCUT2D eigenvalue weighted by Crippen LogP contribution is 2.20. The number of aliphatic hydroxyl groups is 1. The molecule has 0 spiro atoms. The molecule has 0 saturated heterocycles. The van der Waals surface area contributed by atoms with Gasteiger partial charge in [-0.2, -0.15) is 25.3 Å². The number of thiol groups is 2. The fraction of sp³-hybridized carbons (Fsp3) is 0.370. The number of unbranched alkanes of at least 4 members (excludes halogenated alkanes) is 1. The molecule has 0 saturated carbocycles. The largest absolute Gasteiger partial charge is 0.480 e. The van der Waals surface area contributed by atoms with Crippen molar-refractivity contribution in [2.45, 2.75) is 106 Å². The van der Waals surface area contributed by atoms with Gasteiger partial charge in [0.2, 0.25) is 41.4 Å². The highest BCUT2D eigenvalue weighted by atomic mass is 32.1. The summed E-state index contributed by atoms with van der Waals surface area (Å²) in [4.78, 5) is 114. The number of H-pyrrole nitrogens is 1. The molecule has 0 bridgehead atoms. The fourth-order valence-corrected chi connectivity index (χ4v) is 8.68. The van der Waals surface area contributed by atoms with Gasteiger partial charge in [0.15, 0.2) is 0 Å². The molecule has 0 aliphatic carbocycles. The van der Waals surface area contributed by atoms with Gasteiger partial charge in [-0.3, -0.25) is 33.6 Å². The van der Waals surface area contributed by atoms with Gasteiger partial charge in [-0.1, -0.05) is 91.0 Å². The SMILES string of the molecule is C[C@@H](O)[C@H](NC(=O)[C@H](CCCCN)NC(=O)[C@@H](Cc1c[nH]c2ccccc12)NC(=O)[C@H](Cc1ccc(N)cc1)NC(=O)[C@H](Cc1ccccc1)NC(=O)[C@@H](N)CS)C(=O)N[C@@H](Cc1ccccc1)C(=O)N[C@@H](CS)C(=O)O. The Labute approximate surface area is 457 Å². The maximum atomic E-state index is 14.8. The highest BCUT2D eigenvalue weighted by Gasteiger charge is 2.36. The van der Waals surface area contributed by atoms with Gasteiger partial charge in [-0.25, -0.2) is 4.79 Å². The van der Waals surface area contributed by atoms with Crippen molar-refractivity contribution < 1.29 is 48.6 Å². The Morgan fingerprint density at radius 1 is 0.532 bits per heavy atom. The number of aliphatic carboxylic acids is 1. The third-order valence-electron chi connectivity index (χ3n) is 12.6. The van der Waals surface area contributed by atoms with E-state index < -0.39 is 102 Å². The number of benzene rings is 4. The van der Waals surface area contributed by atoms with Crippen molar-refractivity contribution in [2.75, 3.05) is 23.8 Å². The van der Waals surface area contributed by atoms with E-state index in [2.05, 4.69) is 67.5 Å². The summed E-state index contributed by atoms with van der Waals surface area (Å²) in [5, 5.41) is 39.8. The van der Waals surface area contributed by atoms with Crippen LogP contribution >= 0.6 is 25.3 Å². The highest BCUT2D eigenvalue weighted by molar-refractivity contribution is 7.80. The van der Waals surface area contributed by atoms with Crippen molar-refractivity contribution in [2.24, 2.45) is 11.5 Å². The summed E-state index contributed by atoms with van der Waals surface area (Å²) in [6.45, 7) is 1.47. The molecule has 21 nitrogen and oxygen atoms in total. The van der Waals surface area contributed by atoms with E-state index in [0.29, 0.717) is 40.8 Å². The van der Waals surface area contributed by atoms with Crippen LogP contribution in [-0.4, -0.2) is 135 Å². The van der Waals surface area contributed by atoms with E-state index >= 15 is 0 Å². The number of rotatable bonds is 30. The van der Waals surface area contributed by atoms with Gasteiger partial charge < -0.3 is 69.6 Å². The first-order chi connectivity index (χ1) is 36.9. The first-order valence-corrected chi connectivity index (χ1v) is 26.4. The summed E-state index contributed by atoms with van der Waals surface area (Å²) in [6, 6.07) is 20.4. The standard InChI is InChI=1S/C54H69N11O10S2/c1-31(66)46(53(73)63-43(25-33-14-6-3-7-15-33)51(71)64-45(30-77)54(74)75)65-48(68)40(18-10-11-23-55)59-52(72)44(27-35-28-58-39-17-9-8-16-37(35)39)62-50(70)42(26-34-19-21-36(56)22-20-34)61-49(69)41(60-47(67)38(57)29-76)24-32-12-4-2-5-13-32/h2-9,12-17,19-22,28,31,38,40-46,58,66,76-77H,10-11,18,23-27,29-30,55-57H2,1H3,(H,59,72)(H,60,67)(H,61,69)(H,62,70)(H,63,73)(H,64,71)(H,65,68)(H,74,75)/t31-,38+,40+,41+,42+,43+,44-,45+,46+/m1/s1. The Balaban J connectivity index is 1.45. The van der Waals surface area contributed by atoms with Gasteiger partial charge >= 0.3 is 5.97 Å². The quantitative estimate of drug-likeness (QED) is 0.0166. The number of aliphatic hydroxyl groups excluding tert-OH is 1. The second kappa shape index (κ2) is 30.3. The number of carboxylic acids is 1. The molecule has 4 aromatic carbocycles. The van der Waals surface area contributed by atoms with Gasteiger partial charge in [0.25, 0.3) is 0 Å². The van der Waals surface area contributed by atoms with Crippen molar-refractivity contribution in [3.8, 4) is 0 Å². The number of fused-ring (bicyclic) bond motifs is 1. The van der Waals surface area contributed by atoms with E-state index in [4.69, 9.17) is 17.2 Å². The lowest BCUT2D eigenvalue weighted by molar-refractivity contribution is -0.141. The second-order valence-corrected chi connectivity index (χ2v) is 19.3. The number of anilines is 1. The molecule has 1 aromatic heterocycles. The molecular formula is C54H69N11O10S2. The molecule has 5 rings (SSSR count). The first kappa shape index (κ1) is 60.4. The minimum absolute atomic E-state index is 0.00954. The summed E-state index contributed by atoms with van der Waals surface area (Å²) in [5.41, 5.74) is 21.5. The number of nitrogen functional groups attached to an aromatic ring is 1. The Kier molecular flexibility index (Phi) is 23.8. The van der Waals surface area contributed by atoms with Crippen LogP contribution in [0.15, 0.2) is 115 Å². The molecule has 412 valence electrons. The molecule has 1 heterocycles. The van der Waals surface area contributed by atoms with Crippen LogP contribution in [0.5, 0.6) is 0 Å². The minimum Gasteiger partial charge on any atom is -0.480 e. The van der Waals surface area contributed by atoms with Crippen molar-refractivity contribution in [1.29, 1.82) is 0 Å². The Bertz CT molecular complexity index is 2770. The Hall–Kier alpha value is -7.44. The molecule has 77 heavy (non-hydrogen) atoms. The van der Waals surface area contributed by atoms with Crippen molar-refractivity contribution >= 4 is 89.2 Å². The van der Waals surface area contributed by atoms with E-state index in [1.807, 2.05) is 18.2 Å². The van der Waals surface area contributed by atoms with Gasteiger partial charge in [0, 0.05) is 60.0 Å². The van der Waals surface area contributed by atoms with Crippen LogP contribution in [0.3, 0.4) is 0 Å². The summed E-state index contributed by atoms with van der Waals surface area (Å²) in [5.74, 6) is -7.41. The molecule has 0 aliphatic rings. The summed E-state index contributed by atoms with van der Waals surface area (Å²) in [7, 11) is 0. The maximum absolute atomic E-state index is 14.8. The average Bonchev–Trinajstić information content (AvgIpc) is 3.83. The molecule has 9 atom stereocenters. The second-order valence-electron chi connectivity index (χ2n) is 18.6. The average molecular weight is 1100 g/mol. The first-order valence-electron chi connectivity index (χ1n) is 25.1. The van der Waals surface area contributed by atoms with Crippen LogP contribution < -0.4 is 54.4 Å². The molecule has 0 aliphatic heterocycles. The Morgan fingerprint density at radius 2 is 0.974 bits per heavy atom. The fourth-order valence-electron chi connectivity index (χ4n) is 8.27. The number of nitrogens with one attached hydrogen (secondary N) is 8. The predicted octanol–water partition coefficient (Wildman–Crippen LogP) is 0.196. The van der Waals surface area contributed by atoms with Crippen molar-refractivity contribution in [3.63, 3.8) is 0 Å². The Morgan fingerprint density at radius 3 is 1.47 bits per heavy atom. The molecule has 0 fully saturated rings. The number of hydrogen-bond donors (Lipinski definition) is 15. The van der Waals surface area contributed by atoms with Gasteiger partial charge in [-0.05, 0) is 73.2 Å². The van der Waals surface area contributed by atoms with Crippen molar-refractivity contribution in [3.05, 3.63) is 138 Å². The van der Waals surface area contributed by atoms with E-state index in [0.717, 1.165) is 10.9 Å². The van der Waals surface area contributed by atoms with Gasteiger partial charge in [0.05, 0.1) is 12.1 Å². The van der Waals surface area contributed by atoms with E-state index in [1.165, 1.54) is 6.92 Å². The third kappa shape index (κ3) is 18.7. The lowest BCUT2D eigenvalue weighted by Gasteiger charge is -2.29. The molecule has 5 aromatic rings. The number of amides is 7. The third-order valence-corrected chi connectivity index (χ3v) is 13.3. The van der Waals surface area contributed by atoms with E-state index in [-0.39, 0.29) is 50.2 Å². The molecule has 0 unspecified atom stereocenters. The molecule has 23 heteroatoms. The molecule has 0 radical (unpaired) electrons. The smallest absolute Gasteiger partial charge is 0.327 e. The van der Waals surface area contributed by atoms with Crippen LogP contribution in [0.4, 0.5) is 5.69 Å². The molecular weight excluding hydrogens is 1030 g/mol. The number of para-hydroxylation sites is 1. The maximum Gasteiger partial charge on any atom is 0.327 e. The molecule has 7 amide bonds. The van der Waals surface area contributed by atoms with Crippen LogP contribution in [0.1, 0.15) is 48.4 Å². The van der Waals surface area contributed by atoms with Gasteiger partial charge in [-0.15, -0.1) is 0 Å². The van der Waals surface area contributed by atoms with Crippen LogP contribution in [0.2, 0.25) is 0 Å². The normalized spacial score (nSPS) is 14.7. The van der Waals surface area contributed by atoms with Gasteiger partial charge in [0.1, 0.15) is 42.3 Å². The number of aromatic nitrogens is 1. The zero-order valence-electron chi connectivity index (χ0n) is 42.5. The van der Waals surface area contributed by atoms with Crippen LogP contribution in [0.25, 0.3) is 10.9 Å². The lowest BCUT2D eigenvalue weighted by Crippen LogP contribution is -2.62. The summed E-state index contributed by atoms with van der Waals surface area (Å²) < 4.78 is 0. The van der Waals surface area contributed by atoms with Crippen LogP contribution in [-0.2, 0) is 64.0 Å².